The number of Topliss-reactive ketones (excluding diaryl/α,β-unsaturated/α-hetero) is 2. The number of rotatable bonds is 7. The molecule has 0 fully saturated rings. The Bertz CT molecular complexity index is 421. The van der Waals surface area contributed by atoms with Crippen molar-refractivity contribution >= 4 is 11.6 Å². The van der Waals surface area contributed by atoms with Gasteiger partial charge in [0.1, 0.15) is 0 Å². The van der Waals surface area contributed by atoms with E-state index in [9.17, 15) is 9.59 Å². The van der Waals surface area contributed by atoms with Gasteiger partial charge < -0.3 is 0 Å². The van der Waals surface area contributed by atoms with Gasteiger partial charge in [-0.1, -0.05) is 51.0 Å². The van der Waals surface area contributed by atoms with Gasteiger partial charge in [0.15, 0.2) is 11.6 Å². The largest absolute Gasteiger partial charge is 0.294 e. The van der Waals surface area contributed by atoms with Gasteiger partial charge in [-0.15, -0.1) is 0 Å². The first-order chi connectivity index (χ1) is 8.61. The summed E-state index contributed by atoms with van der Waals surface area (Å²) < 4.78 is 0. The Morgan fingerprint density at radius 1 is 1.11 bits per heavy atom. The zero-order valence-electron chi connectivity index (χ0n) is 11.5. The number of carbonyl (C=O) groups is 2. The quantitative estimate of drug-likeness (QED) is 0.673. The van der Waals surface area contributed by atoms with Gasteiger partial charge in [0.05, 0.1) is 0 Å². The van der Waals surface area contributed by atoms with E-state index in [1.807, 2.05) is 13.0 Å². The van der Waals surface area contributed by atoms with Crippen molar-refractivity contribution in [1.82, 2.24) is 0 Å². The minimum atomic E-state index is -0.0377. The first-order valence-electron chi connectivity index (χ1n) is 6.75. The maximum Gasteiger partial charge on any atom is 0.166 e. The van der Waals surface area contributed by atoms with Crippen LogP contribution in [0.5, 0.6) is 0 Å². The second-order valence-corrected chi connectivity index (χ2v) is 4.71. The van der Waals surface area contributed by atoms with Crippen LogP contribution in [0.3, 0.4) is 0 Å². The fourth-order valence-corrected chi connectivity index (χ4v) is 2.20. The lowest BCUT2D eigenvalue weighted by Gasteiger charge is -2.15. The lowest BCUT2D eigenvalue weighted by atomic mass is 9.88. The van der Waals surface area contributed by atoms with Crippen molar-refractivity contribution < 1.29 is 9.59 Å². The number of hydrogen-bond acceptors (Lipinski definition) is 2. The highest BCUT2D eigenvalue weighted by molar-refractivity contribution is 6.08. The zero-order valence-corrected chi connectivity index (χ0v) is 11.5. The van der Waals surface area contributed by atoms with Crippen molar-refractivity contribution in [3.63, 3.8) is 0 Å². The third kappa shape index (κ3) is 3.52. The molecule has 0 amide bonds. The molecule has 0 aliphatic rings. The van der Waals surface area contributed by atoms with Crippen LogP contribution in [0.4, 0.5) is 0 Å². The van der Waals surface area contributed by atoms with E-state index >= 15 is 0 Å². The van der Waals surface area contributed by atoms with Crippen LogP contribution in [0.25, 0.3) is 0 Å². The molecule has 0 N–H and O–H groups in total. The summed E-state index contributed by atoms with van der Waals surface area (Å²) in [5.41, 5.74) is 1.14. The molecule has 18 heavy (non-hydrogen) atoms. The maximum atomic E-state index is 12.5. The van der Waals surface area contributed by atoms with Crippen molar-refractivity contribution in [2.75, 3.05) is 0 Å². The molecule has 0 heterocycles. The van der Waals surface area contributed by atoms with E-state index < -0.39 is 0 Å². The highest BCUT2D eigenvalue weighted by Crippen LogP contribution is 2.21. The van der Waals surface area contributed by atoms with Crippen molar-refractivity contribution in [3.05, 3.63) is 35.4 Å². The summed E-state index contributed by atoms with van der Waals surface area (Å²) in [5, 5.41) is 0. The lowest BCUT2D eigenvalue weighted by molar-refractivity contribution is 0.0898. The highest BCUT2D eigenvalue weighted by Gasteiger charge is 2.21. The van der Waals surface area contributed by atoms with Crippen LogP contribution in [-0.4, -0.2) is 11.6 Å². The molecule has 1 aromatic rings. The van der Waals surface area contributed by atoms with Crippen molar-refractivity contribution in [2.24, 2.45) is 5.92 Å². The fourth-order valence-electron chi connectivity index (χ4n) is 2.20. The molecule has 1 unspecified atom stereocenters. The average Bonchev–Trinajstić information content (AvgIpc) is 2.39. The molecule has 98 valence electrons. The summed E-state index contributed by atoms with van der Waals surface area (Å²) in [5.74, 6) is 0.131. The van der Waals surface area contributed by atoms with Gasteiger partial charge in [0.25, 0.3) is 0 Å². The Morgan fingerprint density at radius 2 is 1.72 bits per heavy atom. The van der Waals surface area contributed by atoms with E-state index in [0.717, 1.165) is 25.7 Å². The van der Waals surface area contributed by atoms with Crippen molar-refractivity contribution in [3.8, 4) is 0 Å². The molecule has 0 spiro atoms. The van der Waals surface area contributed by atoms with Gasteiger partial charge >= 0.3 is 0 Å². The Balaban J connectivity index is 2.98. The second-order valence-electron chi connectivity index (χ2n) is 4.71. The van der Waals surface area contributed by atoms with E-state index in [4.69, 9.17) is 0 Å². The number of unbranched alkanes of at least 4 members (excludes halogenated alkanes) is 1. The molecule has 1 atom stereocenters. The van der Waals surface area contributed by atoms with Crippen LogP contribution < -0.4 is 0 Å². The Hall–Kier alpha value is -1.44. The molecule has 0 aromatic heterocycles. The van der Waals surface area contributed by atoms with Crippen LogP contribution >= 0.6 is 0 Å². The summed E-state index contributed by atoms with van der Waals surface area (Å²) in [6, 6.07) is 7.14. The summed E-state index contributed by atoms with van der Waals surface area (Å²) in [6.07, 6.45) is 3.91. The van der Waals surface area contributed by atoms with Gasteiger partial charge in [-0.3, -0.25) is 9.59 Å². The standard InChI is InChI=1S/C16H22O2/c1-4-6-9-13(5-2)16(18)15-11-8-7-10-14(15)12(3)17/h7-8,10-11,13H,4-6,9H2,1-3H3. The normalized spacial score (nSPS) is 12.2. The Kier molecular flexibility index (Phi) is 5.76. The van der Waals surface area contributed by atoms with Crippen LogP contribution in [0, 0.1) is 5.92 Å². The van der Waals surface area contributed by atoms with Crippen LogP contribution in [0.2, 0.25) is 0 Å². The SMILES string of the molecule is CCCCC(CC)C(=O)c1ccccc1C(C)=O. The van der Waals surface area contributed by atoms with Gasteiger partial charge in [0, 0.05) is 17.0 Å². The number of hydrogen-bond donors (Lipinski definition) is 0. The molecule has 1 rings (SSSR count). The minimum Gasteiger partial charge on any atom is -0.294 e. The predicted molar refractivity (Wildman–Crippen MR) is 74.1 cm³/mol. The first-order valence-corrected chi connectivity index (χ1v) is 6.75. The van der Waals surface area contributed by atoms with E-state index in [1.165, 1.54) is 6.92 Å². The molecular formula is C16H22O2. The summed E-state index contributed by atoms with van der Waals surface area (Å²) >= 11 is 0. The number of benzene rings is 1. The van der Waals surface area contributed by atoms with Crippen molar-refractivity contribution in [1.29, 1.82) is 0 Å². The molecular weight excluding hydrogens is 224 g/mol. The third-order valence-corrected chi connectivity index (χ3v) is 3.34. The Labute approximate surface area is 109 Å². The van der Waals surface area contributed by atoms with E-state index in [2.05, 4.69) is 6.92 Å². The minimum absolute atomic E-state index is 0.0377. The first kappa shape index (κ1) is 14.6. The summed E-state index contributed by atoms with van der Waals surface area (Å²) in [7, 11) is 0. The second kappa shape index (κ2) is 7.10. The predicted octanol–water partition coefficient (Wildman–Crippen LogP) is 4.29. The van der Waals surface area contributed by atoms with Crippen LogP contribution in [0.15, 0.2) is 24.3 Å². The maximum absolute atomic E-state index is 12.5. The third-order valence-electron chi connectivity index (χ3n) is 3.34. The summed E-state index contributed by atoms with van der Waals surface area (Å²) in [6.45, 7) is 5.68. The molecule has 0 aliphatic heterocycles. The van der Waals surface area contributed by atoms with Gasteiger partial charge in [-0.05, 0) is 19.8 Å². The summed E-state index contributed by atoms with van der Waals surface area (Å²) in [4.78, 5) is 24.0. The van der Waals surface area contributed by atoms with Crippen LogP contribution in [-0.2, 0) is 0 Å². The molecule has 0 bridgehead atoms. The number of ketones is 2. The zero-order chi connectivity index (χ0) is 13.5. The molecule has 0 radical (unpaired) electrons. The number of carbonyl (C=O) groups excluding carboxylic acids is 2. The van der Waals surface area contributed by atoms with E-state index in [0.29, 0.717) is 11.1 Å². The lowest BCUT2D eigenvalue weighted by Crippen LogP contribution is -2.17. The molecule has 0 saturated heterocycles. The molecule has 2 nitrogen and oxygen atoms in total. The fraction of sp³-hybridized carbons (Fsp3) is 0.500. The average molecular weight is 246 g/mol. The molecule has 0 aliphatic carbocycles. The highest BCUT2D eigenvalue weighted by atomic mass is 16.1. The topological polar surface area (TPSA) is 34.1 Å². The van der Waals surface area contributed by atoms with Gasteiger partial charge in [0.2, 0.25) is 0 Å². The van der Waals surface area contributed by atoms with Crippen LogP contribution in [0.1, 0.15) is 67.2 Å². The monoisotopic (exact) mass is 246 g/mol. The Morgan fingerprint density at radius 3 is 2.22 bits per heavy atom. The van der Waals surface area contributed by atoms with E-state index in [-0.39, 0.29) is 17.5 Å². The van der Waals surface area contributed by atoms with Gasteiger partial charge in [-0.2, -0.15) is 0 Å². The molecule has 2 heteroatoms. The van der Waals surface area contributed by atoms with Gasteiger partial charge in [-0.25, -0.2) is 0 Å². The smallest absolute Gasteiger partial charge is 0.166 e. The molecule has 1 aromatic carbocycles. The molecule has 0 saturated carbocycles. The van der Waals surface area contributed by atoms with Crippen molar-refractivity contribution in [2.45, 2.75) is 46.5 Å². The van der Waals surface area contributed by atoms with E-state index in [1.54, 1.807) is 18.2 Å².